The van der Waals surface area contributed by atoms with Crippen LogP contribution >= 0.6 is 0 Å². The Morgan fingerprint density at radius 3 is 2.38 bits per heavy atom. The molecule has 2 aromatic heterocycles. The maximum Gasteiger partial charge on any atom is 0.340 e. The van der Waals surface area contributed by atoms with E-state index in [1.165, 1.54) is 0 Å². The Kier molecular flexibility index (Phi) is 3.55. The molecule has 0 spiro atoms. The summed E-state index contributed by atoms with van der Waals surface area (Å²) in [6.07, 6.45) is 1.27. The summed E-state index contributed by atoms with van der Waals surface area (Å²) in [6.45, 7) is 9.85. The maximum absolute atomic E-state index is 12.2. The minimum absolute atomic E-state index is 0.108. The van der Waals surface area contributed by atoms with Gasteiger partial charge < -0.3 is 18.7 Å². The molecule has 0 saturated carbocycles. The quantitative estimate of drug-likeness (QED) is 0.676. The van der Waals surface area contributed by atoms with Crippen molar-refractivity contribution in [1.29, 1.82) is 0 Å². The van der Waals surface area contributed by atoms with E-state index >= 15 is 0 Å². The minimum atomic E-state index is -1.30. The highest BCUT2D eigenvalue weighted by Gasteiger charge is 2.23. The lowest BCUT2D eigenvalue weighted by Gasteiger charge is -2.17. The van der Waals surface area contributed by atoms with Crippen molar-refractivity contribution in [3.63, 3.8) is 0 Å². The normalized spacial score (nSPS) is 12.2. The van der Waals surface area contributed by atoms with E-state index in [9.17, 15) is 14.7 Å². The highest BCUT2D eigenvalue weighted by molar-refractivity contribution is 6.00. The molecular weight excluding hydrogens is 308 g/mol. The van der Waals surface area contributed by atoms with E-state index in [0.29, 0.717) is 16.7 Å². The Bertz CT molecular complexity index is 1030. The van der Waals surface area contributed by atoms with Gasteiger partial charge in [0.15, 0.2) is 0 Å². The monoisotopic (exact) mass is 327 g/mol. The standard InChI is InChI=1S/C19H20O5/c1-9-11-6-13-14(19(3,4)5)8-23-16(13)10(2)17(11)24-18(22)12(9)7-15(20)21/h6,8H,7H2,1-5H3,(H,20,21)/p-1. The number of hydrogen-bond donors (Lipinski definition) is 0. The predicted octanol–water partition coefficient (Wildman–Crippen LogP) is 2.75. The van der Waals surface area contributed by atoms with Gasteiger partial charge in [0.1, 0.15) is 11.2 Å². The van der Waals surface area contributed by atoms with Crippen LogP contribution in [-0.2, 0) is 16.6 Å². The van der Waals surface area contributed by atoms with Crippen LogP contribution in [0.25, 0.3) is 21.9 Å². The number of carbonyl (C=O) groups is 1. The van der Waals surface area contributed by atoms with Crippen molar-refractivity contribution in [1.82, 2.24) is 0 Å². The van der Waals surface area contributed by atoms with Gasteiger partial charge in [-0.1, -0.05) is 20.8 Å². The average molecular weight is 327 g/mol. The molecule has 3 aromatic rings. The summed E-state index contributed by atoms with van der Waals surface area (Å²) in [5.74, 6) is -1.30. The number of furan rings is 1. The fourth-order valence-corrected chi connectivity index (χ4v) is 3.13. The smallest absolute Gasteiger partial charge is 0.340 e. The van der Waals surface area contributed by atoms with E-state index in [1.54, 1.807) is 13.2 Å². The molecule has 2 heterocycles. The zero-order chi connectivity index (χ0) is 17.8. The number of hydrogen-bond acceptors (Lipinski definition) is 5. The van der Waals surface area contributed by atoms with Crippen LogP contribution in [0, 0.1) is 13.8 Å². The second kappa shape index (κ2) is 5.23. The molecule has 0 aliphatic rings. The molecule has 0 fully saturated rings. The molecule has 0 bridgehead atoms. The van der Waals surface area contributed by atoms with Crippen LogP contribution in [0.15, 0.2) is 26.0 Å². The second-order valence-corrected chi connectivity index (χ2v) is 7.20. The SMILES string of the molecule is Cc1c(CC(=O)[O-])c(=O)oc2c(C)c3occ(C(C)(C)C)c3cc12. The van der Waals surface area contributed by atoms with Crippen molar-refractivity contribution in [2.24, 2.45) is 0 Å². The van der Waals surface area contributed by atoms with Gasteiger partial charge in [-0.25, -0.2) is 4.79 Å². The highest BCUT2D eigenvalue weighted by atomic mass is 16.4. The number of carboxylic acid groups (broad SMARTS) is 1. The fraction of sp³-hybridized carbons (Fsp3) is 0.368. The minimum Gasteiger partial charge on any atom is -0.550 e. The summed E-state index contributed by atoms with van der Waals surface area (Å²) in [5, 5.41) is 12.6. The number of aliphatic carboxylic acids is 1. The van der Waals surface area contributed by atoms with E-state index in [1.807, 2.05) is 13.0 Å². The van der Waals surface area contributed by atoms with Crippen LogP contribution in [0.5, 0.6) is 0 Å². The first-order chi connectivity index (χ1) is 11.1. The lowest BCUT2D eigenvalue weighted by molar-refractivity contribution is -0.304. The van der Waals surface area contributed by atoms with E-state index < -0.39 is 18.0 Å². The van der Waals surface area contributed by atoms with Crippen molar-refractivity contribution in [3.05, 3.63) is 45.0 Å². The molecule has 0 saturated heterocycles. The maximum atomic E-state index is 12.2. The topological polar surface area (TPSA) is 83.5 Å². The highest BCUT2D eigenvalue weighted by Crippen LogP contribution is 2.37. The van der Waals surface area contributed by atoms with Gasteiger partial charge in [0, 0.05) is 39.9 Å². The average Bonchev–Trinajstić information content (AvgIpc) is 2.89. The summed E-state index contributed by atoms with van der Waals surface area (Å²) in [5.41, 5.74) is 2.88. The van der Waals surface area contributed by atoms with Crippen molar-refractivity contribution in [2.75, 3.05) is 0 Å². The molecule has 5 heteroatoms. The van der Waals surface area contributed by atoms with E-state index in [-0.39, 0.29) is 11.0 Å². The molecule has 126 valence electrons. The number of aryl methyl sites for hydroxylation is 2. The Labute approximate surface area is 138 Å². The molecule has 0 N–H and O–H groups in total. The lowest BCUT2D eigenvalue weighted by atomic mass is 9.86. The third-order valence-corrected chi connectivity index (χ3v) is 4.47. The molecule has 0 amide bonds. The van der Waals surface area contributed by atoms with E-state index in [2.05, 4.69) is 20.8 Å². The van der Waals surface area contributed by atoms with Gasteiger partial charge in [-0.05, 0) is 30.9 Å². The van der Waals surface area contributed by atoms with Gasteiger partial charge in [0.2, 0.25) is 0 Å². The van der Waals surface area contributed by atoms with Gasteiger partial charge in [-0.3, -0.25) is 0 Å². The van der Waals surface area contributed by atoms with Crippen molar-refractivity contribution >= 4 is 27.9 Å². The lowest BCUT2D eigenvalue weighted by Crippen LogP contribution is -2.27. The first kappa shape index (κ1) is 16.3. The zero-order valence-electron chi connectivity index (χ0n) is 14.4. The largest absolute Gasteiger partial charge is 0.550 e. The molecule has 0 unspecified atom stereocenters. The molecule has 0 aliphatic carbocycles. The summed E-state index contributed by atoms with van der Waals surface area (Å²) < 4.78 is 11.1. The van der Waals surface area contributed by atoms with Gasteiger partial charge in [0.25, 0.3) is 0 Å². The molecule has 3 rings (SSSR count). The predicted molar refractivity (Wildman–Crippen MR) is 89.1 cm³/mol. The fourth-order valence-electron chi connectivity index (χ4n) is 3.13. The molecule has 5 nitrogen and oxygen atoms in total. The van der Waals surface area contributed by atoms with Gasteiger partial charge in [-0.15, -0.1) is 0 Å². The summed E-state index contributed by atoms with van der Waals surface area (Å²) >= 11 is 0. The van der Waals surface area contributed by atoms with Crippen LogP contribution < -0.4 is 10.7 Å². The molecule has 1 aromatic carbocycles. The number of fused-ring (bicyclic) bond motifs is 2. The Morgan fingerprint density at radius 2 is 1.79 bits per heavy atom. The number of benzene rings is 1. The summed E-state index contributed by atoms with van der Waals surface area (Å²) in [6, 6.07) is 1.92. The van der Waals surface area contributed by atoms with Crippen LogP contribution in [0.2, 0.25) is 0 Å². The van der Waals surface area contributed by atoms with Crippen molar-refractivity contribution < 1.29 is 18.7 Å². The second-order valence-electron chi connectivity index (χ2n) is 7.20. The molecule has 24 heavy (non-hydrogen) atoms. The summed E-state index contributed by atoms with van der Waals surface area (Å²) in [4.78, 5) is 23.1. The molecule has 0 radical (unpaired) electrons. The van der Waals surface area contributed by atoms with Crippen LogP contribution in [-0.4, -0.2) is 5.97 Å². The first-order valence-electron chi connectivity index (χ1n) is 7.78. The zero-order valence-corrected chi connectivity index (χ0v) is 14.4. The third kappa shape index (κ3) is 2.40. The van der Waals surface area contributed by atoms with Gasteiger partial charge in [-0.2, -0.15) is 0 Å². The molecular formula is C19H19O5-. The van der Waals surface area contributed by atoms with E-state index in [0.717, 1.165) is 21.9 Å². The number of carbonyl (C=O) groups excluding carboxylic acids is 1. The van der Waals surface area contributed by atoms with Crippen LogP contribution in [0.4, 0.5) is 0 Å². The first-order valence-corrected chi connectivity index (χ1v) is 7.78. The third-order valence-electron chi connectivity index (χ3n) is 4.47. The van der Waals surface area contributed by atoms with Crippen LogP contribution in [0.3, 0.4) is 0 Å². The van der Waals surface area contributed by atoms with Crippen molar-refractivity contribution in [2.45, 2.75) is 46.5 Å². The number of carboxylic acids is 1. The van der Waals surface area contributed by atoms with Gasteiger partial charge in [0.05, 0.1) is 6.26 Å². The summed E-state index contributed by atoms with van der Waals surface area (Å²) in [7, 11) is 0. The Balaban J connectivity index is 2.45. The van der Waals surface area contributed by atoms with Gasteiger partial charge >= 0.3 is 5.63 Å². The van der Waals surface area contributed by atoms with Crippen molar-refractivity contribution in [3.8, 4) is 0 Å². The Hall–Kier alpha value is -2.56. The van der Waals surface area contributed by atoms with E-state index in [4.69, 9.17) is 8.83 Å². The number of rotatable bonds is 2. The molecule has 0 atom stereocenters. The molecule has 0 aliphatic heterocycles. The van der Waals surface area contributed by atoms with Crippen LogP contribution in [0.1, 0.15) is 43.0 Å². The Morgan fingerprint density at radius 1 is 1.12 bits per heavy atom.